The van der Waals surface area contributed by atoms with Gasteiger partial charge in [-0.05, 0) is 26.2 Å². The van der Waals surface area contributed by atoms with Crippen molar-refractivity contribution in [1.82, 2.24) is 9.97 Å². The molecule has 0 saturated heterocycles. The second-order valence-corrected chi connectivity index (χ2v) is 6.49. The van der Waals surface area contributed by atoms with Crippen LogP contribution >= 0.6 is 0 Å². The minimum atomic E-state index is -0.0668. The smallest absolute Gasteiger partial charge is 0.252 e. The number of nitrogens with zero attached hydrogens (tertiary/aromatic N) is 1. The molecule has 2 saturated carbocycles. The van der Waals surface area contributed by atoms with E-state index in [4.69, 9.17) is 4.74 Å². The number of rotatable bonds is 5. The molecule has 0 spiro atoms. The normalized spacial score (nSPS) is 27.9. The van der Waals surface area contributed by atoms with E-state index in [0.29, 0.717) is 17.8 Å². The van der Waals surface area contributed by atoms with Crippen LogP contribution in [0.5, 0.6) is 0 Å². The second-order valence-electron chi connectivity index (χ2n) is 6.49. The molecule has 20 heavy (non-hydrogen) atoms. The van der Waals surface area contributed by atoms with Gasteiger partial charge in [0, 0.05) is 30.0 Å². The lowest BCUT2D eigenvalue weighted by Crippen LogP contribution is -2.58. The minimum absolute atomic E-state index is 0.0668. The molecule has 0 bridgehead atoms. The molecule has 2 aliphatic rings. The Morgan fingerprint density at radius 1 is 1.50 bits per heavy atom. The molecule has 110 valence electrons. The van der Waals surface area contributed by atoms with Gasteiger partial charge in [-0.15, -0.1) is 0 Å². The topological polar surface area (TPSA) is 67.0 Å². The van der Waals surface area contributed by atoms with Gasteiger partial charge in [0.25, 0.3) is 5.56 Å². The fraction of sp³-hybridized carbons (Fsp3) is 0.733. The lowest BCUT2D eigenvalue weighted by molar-refractivity contribution is -0.0976. The summed E-state index contributed by atoms with van der Waals surface area (Å²) in [4.78, 5) is 19.1. The highest BCUT2D eigenvalue weighted by Crippen LogP contribution is 2.44. The number of nitrogens with one attached hydrogen (secondary N) is 2. The monoisotopic (exact) mass is 277 g/mol. The fourth-order valence-corrected chi connectivity index (χ4v) is 2.89. The Morgan fingerprint density at radius 2 is 2.25 bits per heavy atom. The van der Waals surface area contributed by atoms with Crippen LogP contribution in [-0.4, -0.2) is 28.7 Å². The van der Waals surface area contributed by atoms with Crippen LogP contribution in [0.4, 0.5) is 5.82 Å². The number of anilines is 1. The Hall–Kier alpha value is -1.36. The van der Waals surface area contributed by atoms with Crippen LogP contribution in [0.1, 0.15) is 51.8 Å². The molecule has 1 aromatic heterocycles. The average Bonchev–Trinajstić information content (AvgIpc) is 3.21. The molecule has 2 fully saturated rings. The fourth-order valence-electron chi connectivity index (χ4n) is 2.89. The van der Waals surface area contributed by atoms with Gasteiger partial charge in [0.1, 0.15) is 11.6 Å². The summed E-state index contributed by atoms with van der Waals surface area (Å²) in [5.74, 6) is 1.98. The number of hydrogen-bond donors (Lipinski definition) is 2. The van der Waals surface area contributed by atoms with Gasteiger partial charge in [-0.25, -0.2) is 4.98 Å². The molecule has 2 aliphatic carbocycles. The van der Waals surface area contributed by atoms with E-state index >= 15 is 0 Å². The van der Waals surface area contributed by atoms with Crippen LogP contribution in [0.25, 0.3) is 0 Å². The zero-order chi connectivity index (χ0) is 14.3. The minimum Gasteiger partial charge on any atom is -0.378 e. The van der Waals surface area contributed by atoms with E-state index in [0.717, 1.165) is 31.7 Å². The predicted octanol–water partition coefficient (Wildman–Crippen LogP) is 2.26. The summed E-state index contributed by atoms with van der Waals surface area (Å²) in [5.41, 5.74) is 0.00271. The number of ether oxygens (including phenoxy) is 1. The Balaban J connectivity index is 1.71. The third-order valence-corrected chi connectivity index (χ3v) is 4.59. The van der Waals surface area contributed by atoms with Crippen molar-refractivity contribution in [3.63, 3.8) is 0 Å². The maximum atomic E-state index is 11.7. The molecule has 0 aromatic carbocycles. The van der Waals surface area contributed by atoms with Crippen molar-refractivity contribution in [3.05, 3.63) is 22.2 Å². The van der Waals surface area contributed by atoms with E-state index in [1.807, 2.05) is 6.92 Å². The van der Waals surface area contributed by atoms with Gasteiger partial charge >= 0.3 is 0 Å². The van der Waals surface area contributed by atoms with Crippen LogP contribution in [0, 0.1) is 5.41 Å². The molecule has 0 aliphatic heterocycles. The molecule has 2 unspecified atom stereocenters. The number of aromatic nitrogens is 2. The first-order valence-corrected chi connectivity index (χ1v) is 7.50. The predicted molar refractivity (Wildman–Crippen MR) is 78.1 cm³/mol. The first kappa shape index (κ1) is 13.6. The summed E-state index contributed by atoms with van der Waals surface area (Å²) >= 11 is 0. The summed E-state index contributed by atoms with van der Waals surface area (Å²) in [5, 5.41) is 3.41. The summed E-state index contributed by atoms with van der Waals surface area (Å²) < 4.78 is 5.73. The van der Waals surface area contributed by atoms with Gasteiger partial charge in [-0.1, -0.05) is 13.8 Å². The van der Waals surface area contributed by atoms with Crippen molar-refractivity contribution >= 4 is 5.82 Å². The Morgan fingerprint density at radius 3 is 2.85 bits per heavy atom. The molecule has 1 heterocycles. The molecule has 0 amide bonds. The van der Waals surface area contributed by atoms with Crippen molar-refractivity contribution in [2.45, 2.75) is 58.1 Å². The summed E-state index contributed by atoms with van der Waals surface area (Å²) in [6.45, 7) is 7.17. The summed E-state index contributed by atoms with van der Waals surface area (Å²) in [6.07, 6.45) is 3.52. The lowest BCUT2D eigenvalue weighted by Gasteiger charge is -2.51. The molecule has 5 nitrogen and oxygen atoms in total. The third-order valence-electron chi connectivity index (χ3n) is 4.59. The first-order chi connectivity index (χ1) is 9.50. The van der Waals surface area contributed by atoms with Crippen molar-refractivity contribution < 1.29 is 4.74 Å². The molecular formula is C15H23N3O2. The van der Waals surface area contributed by atoms with E-state index in [1.54, 1.807) is 6.07 Å². The van der Waals surface area contributed by atoms with Crippen molar-refractivity contribution in [1.29, 1.82) is 0 Å². The van der Waals surface area contributed by atoms with E-state index in [2.05, 4.69) is 29.1 Å². The molecule has 1 aromatic rings. The molecule has 2 N–H and O–H groups in total. The zero-order valence-corrected chi connectivity index (χ0v) is 12.4. The first-order valence-electron chi connectivity index (χ1n) is 7.50. The van der Waals surface area contributed by atoms with Gasteiger partial charge < -0.3 is 15.0 Å². The Bertz CT molecular complexity index is 548. The van der Waals surface area contributed by atoms with Crippen LogP contribution in [0.2, 0.25) is 0 Å². The third kappa shape index (κ3) is 2.46. The molecule has 5 heteroatoms. The highest BCUT2D eigenvalue weighted by Gasteiger charge is 2.49. The van der Waals surface area contributed by atoms with Crippen molar-refractivity contribution in [3.8, 4) is 0 Å². The SMILES string of the molecule is CCOC1CC(Nc2cc(=O)[nH]c(C3CC3)n2)C1(C)C. The van der Waals surface area contributed by atoms with Crippen LogP contribution in [-0.2, 0) is 4.74 Å². The summed E-state index contributed by atoms with van der Waals surface area (Å²) in [7, 11) is 0. The maximum Gasteiger partial charge on any atom is 0.252 e. The highest BCUT2D eigenvalue weighted by atomic mass is 16.5. The second kappa shape index (κ2) is 4.88. The number of hydrogen-bond acceptors (Lipinski definition) is 4. The number of aromatic amines is 1. The van der Waals surface area contributed by atoms with Gasteiger partial charge in [0.05, 0.1) is 6.10 Å². The average molecular weight is 277 g/mol. The van der Waals surface area contributed by atoms with Gasteiger partial charge in [0.2, 0.25) is 0 Å². The van der Waals surface area contributed by atoms with Crippen LogP contribution in [0.3, 0.4) is 0 Å². The molecule has 0 radical (unpaired) electrons. The van der Waals surface area contributed by atoms with E-state index in [-0.39, 0.29) is 17.1 Å². The molecule has 2 atom stereocenters. The maximum absolute atomic E-state index is 11.7. The van der Waals surface area contributed by atoms with Crippen molar-refractivity contribution in [2.75, 3.05) is 11.9 Å². The van der Waals surface area contributed by atoms with Gasteiger partial charge in [-0.3, -0.25) is 4.79 Å². The van der Waals surface area contributed by atoms with Crippen molar-refractivity contribution in [2.24, 2.45) is 5.41 Å². The van der Waals surface area contributed by atoms with Gasteiger partial charge in [-0.2, -0.15) is 0 Å². The van der Waals surface area contributed by atoms with E-state index in [9.17, 15) is 4.79 Å². The van der Waals surface area contributed by atoms with E-state index < -0.39 is 0 Å². The zero-order valence-electron chi connectivity index (χ0n) is 12.4. The highest BCUT2D eigenvalue weighted by molar-refractivity contribution is 5.37. The van der Waals surface area contributed by atoms with Gasteiger partial charge in [0.15, 0.2) is 0 Å². The van der Waals surface area contributed by atoms with Crippen LogP contribution < -0.4 is 10.9 Å². The molecule has 3 rings (SSSR count). The quantitative estimate of drug-likeness (QED) is 0.866. The standard InChI is InChI=1S/C15H23N3O2/c1-4-20-11-7-10(15(11,2)3)16-12-8-13(19)18-14(17-12)9-5-6-9/h8-11H,4-7H2,1-3H3,(H2,16,17,18,19). The lowest BCUT2D eigenvalue weighted by atomic mass is 9.64. The van der Waals surface area contributed by atoms with Crippen LogP contribution in [0.15, 0.2) is 10.9 Å². The number of H-pyrrole nitrogens is 1. The summed E-state index contributed by atoms with van der Waals surface area (Å²) in [6, 6.07) is 1.86. The largest absolute Gasteiger partial charge is 0.378 e. The molecular weight excluding hydrogens is 254 g/mol. The Kier molecular flexibility index (Phi) is 3.32. The Labute approximate surface area is 119 Å². The van der Waals surface area contributed by atoms with E-state index in [1.165, 1.54) is 0 Å².